The molecule has 0 radical (unpaired) electrons. The summed E-state index contributed by atoms with van der Waals surface area (Å²) in [6, 6.07) is -6.01. The topological polar surface area (TPSA) is 316 Å². The Morgan fingerprint density at radius 1 is 0.592 bits per heavy atom. The number of hydrogen-bond acceptors (Lipinski definition) is 21. The molecule has 1 saturated heterocycles. The molecule has 76 heavy (non-hydrogen) atoms. The van der Waals surface area contributed by atoms with Gasteiger partial charge in [-0.1, -0.05) is 0 Å². The number of nitrogens with zero attached hydrogens (tertiary/aromatic N) is 1. The van der Waals surface area contributed by atoms with Crippen LogP contribution in [0.25, 0.3) is 0 Å². The number of alkyl carbamates (subject to hydrolysis) is 4. The lowest BCUT2D eigenvalue weighted by Crippen LogP contribution is -2.75. The van der Waals surface area contributed by atoms with Crippen LogP contribution in [0.2, 0.25) is 0 Å². The van der Waals surface area contributed by atoms with E-state index in [1.165, 1.54) is 13.3 Å². The molecule has 436 valence electrons. The van der Waals surface area contributed by atoms with Gasteiger partial charge in [0, 0.05) is 27.4 Å². The van der Waals surface area contributed by atoms with Crippen LogP contribution in [-0.2, 0) is 76.0 Å². The first kappa shape index (κ1) is 64.9. The molecule has 3 aliphatic rings. The first-order chi connectivity index (χ1) is 34.4. The zero-order valence-corrected chi connectivity index (χ0v) is 48.4. The van der Waals surface area contributed by atoms with Gasteiger partial charge in [0.25, 0.3) is 10.1 Å². The fraction of sp³-hybridized carbons (Fsp3) is 0.816. The van der Waals surface area contributed by atoms with Crippen molar-refractivity contribution < 1.29 is 98.3 Å². The second-order valence-corrected chi connectivity index (χ2v) is 25.3. The van der Waals surface area contributed by atoms with Gasteiger partial charge in [0.1, 0.15) is 70.5 Å². The Labute approximate surface area is 446 Å². The number of carbonyl (C=O) groups is 7. The van der Waals surface area contributed by atoms with Gasteiger partial charge in [0.15, 0.2) is 12.4 Å². The third kappa shape index (κ3) is 21.9. The highest BCUT2D eigenvalue weighted by Crippen LogP contribution is 2.38. The maximum absolute atomic E-state index is 14.1. The standard InChI is InChI=1S/C49H83N5O21S/c1-25-24-64-39(36(66-27(3)56)32(25)54(19)44(61)74-49(16,17)18)69-35-31(53-43(60)73-48(13,14)15)33(65-26(2)55)30(52-42(59)72-47(10,11)12)34(37(35)75-76(20,62)63)68-38-29(51-41(58)71-46(7,8)9)22-21-28(67-38)23-50-40(57)70-45(4,5)6/h24,28-39H,21-23H2,1-20H3,(H,50,57)(H,51,58)(H,52,59)(H,53,60)/t28-,29?,30+,31+,32-,33?,34?,35-,36?,37?,38+,39+/m0/s1. The van der Waals surface area contributed by atoms with E-state index in [9.17, 15) is 42.0 Å². The number of nitrogens with one attached hydrogen (secondary N) is 4. The van der Waals surface area contributed by atoms with E-state index in [0.717, 1.165) is 18.7 Å². The summed E-state index contributed by atoms with van der Waals surface area (Å²) < 4.78 is 99.0. The highest BCUT2D eigenvalue weighted by atomic mass is 32.2. The molecule has 2 aliphatic heterocycles. The third-order valence-corrected chi connectivity index (χ3v) is 11.0. The van der Waals surface area contributed by atoms with Gasteiger partial charge in [0.2, 0.25) is 6.29 Å². The molecule has 0 aromatic carbocycles. The molecule has 1 aliphatic carbocycles. The predicted molar refractivity (Wildman–Crippen MR) is 269 cm³/mol. The molecule has 2 heterocycles. The van der Waals surface area contributed by atoms with E-state index in [2.05, 4.69) is 21.3 Å². The number of esters is 2. The average Bonchev–Trinajstić information content (AvgIpc) is 3.18. The number of amides is 5. The molecule has 26 nitrogen and oxygen atoms in total. The molecule has 27 heteroatoms. The van der Waals surface area contributed by atoms with E-state index < -0.39 is 154 Å². The van der Waals surface area contributed by atoms with Crippen molar-refractivity contribution in [3.8, 4) is 0 Å². The zero-order chi connectivity index (χ0) is 58.3. The lowest BCUT2D eigenvalue weighted by Gasteiger charge is -2.52. The first-order valence-corrected chi connectivity index (χ1v) is 26.6. The van der Waals surface area contributed by atoms with Crippen molar-refractivity contribution in [2.75, 3.05) is 19.8 Å². The van der Waals surface area contributed by atoms with Crippen LogP contribution in [0.5, 0.6) is 0 Å². The summed E-state index contributed by atoms with van der Waals surface area (Å²) in [4.78, 5) is 95.6. The SMILES string of the molecule is CC(=O)OC1[C@@H](NC(=O)OC(C)(C)C)C(O[C@H]2O[C@H](CNC(=O)OC(C)(C)C)CCC2NC(=O)OC(C)(C)C)C(OS(C)(=O)=O)[C@@H](O[C@H]2OC=C(C)[C@H](N(C)C(=O)OC(C)(C)C)C2OC(C)=O)[C@@H]1NC(=O)OC(C)(C)C. The first-order valence-electron chi connectivity index (χ1n) is 24.8. The van der Waals surface area contributed by atoms with Gasteiger partial charge in [-0.05, 0) is 129 Å². The number of likely N-dealkylation sites (N-methyl/N-ethyl adjacent to an activating group) is 1. The third-order valence-electron chi connectivity index (χ3n) is 10.5. The summed E-state index contributed by atoms with van der Waals surface area (Å²) in [6.45, 7) is 27.6. The Kier molecular flexibility index (Phi) is 21.7. The van der Waals surface area contributed by atoms with Crippen LogP contribution in [0.3, 0.4) is 0 Å². The molecule has 0 bridgehead atoms. The van der Waals surface area contributed by atoms with E-state index in [-0.39, 0.29) is 19.4 Å². The molecule has 0 aromatic rings. The summed E-state index contributed by atoms with van der Waals surface area (Å²) in [5.41, 5.74) is -4.86. The van der Waals surface area contributed by atoms with Crippen LogP contribution in [0, 0.1) is 0 Å². The normalized spacial score (nSPS) is 27.4. The monoisotopic (exact) mass is 1110 g/mol. The Balaban J connectivity index is 2.46. The molecule has 5 unspecified atom stereocenters. The van der Waals surface area contributed by atoms with Crippen LogP contribution in [0.4, 0.5) is 24.0 Å². The zero-order valence-electron chi connectivity index (χ0n) is 47.6. The summed E-state index contributed by atoms with van der Waals surface area (Å²) in [7, 11) is -3.35. The van der Waals surface area contributed by atoms with Crippen LogP contribution in [-0.4, -0.2) is 177 Å². The van der Waals surface area contributed by atoms with Crippen molar-refractivity contribution in [1.82, 2.24) is 26.2 Å². The molecular formula is C49H83N5O21S. The average molecular weight is 1110 g/mol. The number of hydrogen-bond donors (Lipinski definition) is 4. The van der Waals surface area contributed by atoms with Gasteiger partial charge in [-0.15, -0.1) is 0 Å². The molecule has 2 fully saturated rings. The lowest BCUT2D eigenvalue weighted by atomic mass is 9.80. The minimum absolute atomic E-state index is 0.0629. The number of carbonyl (C=O) groups excluding carboxylic acids is 7. The molecule has 3 rings (SSSR count). The number of ether oxygens (including phenoxy) is 11. The second kappa shape index (κ2) is 25.4. The van der Waals surface area contributed by atoms with Crippen molar-refractivity contribution in [2.24, 2.45) is 0 Å². The van der Waals surface area contributed by atoms with Crippen LogP contribution >= 0.6 is 0 Å². The van der Waals surface area contributed by atoms with Gasteiger partial charge >= 0.3 is 42.4 Å². The molecule has 4 N–H and O–H groups in total. The number of rotatable bonds is 14. The highest BCUT2D eigenvalue weighted by Gasteiger charge is 2.60. The van der Waals surface area contributed by atoms with Crippen LogP contribution < -0.4 is 21.3 Å². The fourth-order valence-corrected chi connectivity index (χ4v) is 8.68. The molecule has 0 aromatic heterocycles. The molecule has 5 amide bonds. The van der Waals surface area contributed by atoms with Crippen molar-refractivity contribution in [3.63, 3.8) is 0 Å². The van der Waals surface area contributed by atoms with Crippen LogP contribution in [0.15, 0.2) is 11.8 Å². The molecule has 0 spiro atoms. The molecule has 12 atom stereocenters. The maximum Gasteiger partial charge on any atom is 0.410 e. The maximum atomic E-state index is 14.1. The van der Waals surface area contributed by atoms with Gasteiger partial charge in [0.05, 0.1) is 24.7 Å². The summed E-state index contributed by atoms with van der Waals surface area (Å²) in [6.07, 6.45) is -16.7. The van der Waals surface area contributed by atoms with Crippen LogP contribution in [0.1, 0.15) is 137 Å². The summed E-state index contributed by atoms with van der Waals surface area (Å²) in [5.74, 6) is -1.89. The Morgan fingerprint density at radius 3 is 1.45 bits per heavy atom. The van der Waals surface area contributed by atoms with Gasteiger partial charge in [-0.25, -0.2) is 24.0 Å². The van der Waals surface area contributed by atoms with Crippen molar-refractivity contribution in [2.45, 2.75) is 239 Å². The smallest absolute Gasteiger partial charge is 0.410 e. The van der Waals surface area contributed by atoms with E-state index in [1.54, 1.807) is 111 Å². The van der Waals surface area contributed by atoms with Gasteiger partial charge in [-0.2, -0.15) is 8.42 Å². The molecule has 1 saturated carbocycles. The van der Waals surface area contributed by atoms with Gasteiger partial charge in [-0.3, -0.25) is 13.8 Å². The Hall–Kier alpha value is -5.38. The molecular weight excluding hydrogens is 1030 g/mol. The lowest BCUT2D eigenvalue weighted by molar-refractivity contribution is -0.288. The van der Waals surface area contributed by atoms with Gasteiger partial charge < -0.3 is 78.3 Å². The minimum Gasteiger partial charge on any atom is -0.468 e. The quantitative estimate of drug-likeness (QED) is 0.0988. The summed E-state index contributed by atoms with van der Waals surface area (Å²) in [5, 5.41) is 10.6. The summed E-state index contributed by atoms with van der Waals surface area (Å²) >= 11 is 0. The Bertz CT molecular complexity index is 2210. The van der Waals surface area contributed by atoms with E-state index in [1.807, 2.05) is 0 Å². The fourth-order valence-electron chi connectivity index (χ4n) is 8.06. The van der Waals surface area contributed by atoms with E-state index >= 15 is 0 Å². The Morgan fingerprint density at radius 2 is 1.01 bits per heavy atom. The van der Waals surface area contributed by atoms with E-state index in [4.69, 9.17) is 56.3 Å². The largest absolute Gasteiger partial charge is 0.468 e. The minimum atomic E-state index is -4.72. The highest BCUT2D eigenvalue weighted by molar-refractivity contribution is 7.86. The van der Waals surface area contributed by atoms with Crippen molar-refractivity contribution in [3.05, 3.63) is 11.8 Å². The predicted octanol–water partition coefficient (Wildman–Crippen LogP) is 5.18. The van der Waals surface area contributed by atoms with Crippen molar-refractivity contribution >= 4 is 52.5 Å². The second-order valence-electron chi connectivity index (χ2n) is 23.7. The van der Waals surface area contributed by atoms with E-state index in [0.29, 0.717) is 11.8 Å². The van der Waals surface area contributed by atoms with Crippen molar-refractivity contribution in [1.29, 1.82) is 0 Å².